The number of nitrogens with one attached hydrogen (secondary N) is 2. The van der Waals surface area contributed by atoms with Crippen LogP contribution in [-0.4, -0.2) is 22.9 Å². The molecule has 3 N–H and O–H groups in total. The molecule has 21 heavy (non-hydrogen) atoms. The number of hydrogen-bond acceptors (Lipinski definition) is 3. The van der Waals surface area contributed by atoms with Crippen molar-refractivity contribution in [1.82, 2.24) is 0 Å². The Morgan fingerprint density at radius 2 is 2.00 bits per heavy atom. The predicted octanol–water partition coefficient (Wildman–Crippen LogP) is 2.35. The zero-order valence-corrected chi connectivity index (χ0v) is 12.1. The SMILES string of the molecule is CCC(=O)Nc1ccc(Cl)c(NC(=O)[C@@H]2C[C@@H]2C(=O)O)c1. The molecule has 1 aromatic rings. The molecule has 0 saturated heterocycles. The Morgan fingerprint density at radius 1 is 1.29 bits per heavy atom. The summed E-state index contributed by atoms with van der Waals surface area (Å²) in [5.74, 6) is -2.63. The van der Waals surface area contributed by atoms with Crippen molar-refractivity contribution in [2.45, 2.75) is 19.8 Å². The van der Waals surface area contributed by atoms with Gasteiger partial charge in [-0.3, -0.25) is 14.4 Å². The second-order valence-electron chi connectivity index (χ2n) is 4.87. The van der Waals surface area contributed by atoms with Crippen molar-refractivity contribution in [3.05, 3.63) is 23.2 Å². The molecular weight excluding hydrogens is 296 g/mol. The first kappa shape index (κ1) is 15.3. The molecule has 1 fully saturated rings. The number of benzene rings is 1. The molecule has 0 aromatic heterocycles. The van der Waals surface area contributed by atoms with Crippen LogP contribution in [0, 0.1) is 11.8 Å². The Labute approximate surface area is 126 Å². The fraction of sp³-hybridized carbons (Fsp3) is 0.357. The number of amides is 2. The van der Waals surface area contributed by atoms with E-state index in [-0.39, 0.29) is 11.8 Å². The summed E-state index contributed by atoms with van der Waals surface area (Å²) in [6.45, 7) is 1.73. The monoisotopic (exact) mass is 310 g/mol. The lowest BCUT2D eigenvalue weighted by Crippen LogP contribution is -2.17. The molecule has 2 atom stereocenters. The van der Waals surface area contributed by atoms with Gasteiger partial charge in [0.05, 0.1) is 22.5 Å². The second kappa shape index (κ2) is 6.13. The summed E-state index contributed by atoms with van der Waals surface area (Å²) >= 11 is 5.99. The fourth-order valence-corrected chi connectivity index (χ4v) is 2.10. The van der Waals surface area contributed by atoms with E-state index in [0.29, 0.717) is 29.2 Å². The minimum Gasteiger partial charge on any atom is -0.481 e. The van der Waals surface area contributed by atoms with Crippen LogP contribution in [0.3, 0.4) is 0 Å². The average molecular weight is 311 g/mol. The lowest BCUT2D eigenvalue weighted by Gasteiger charge is -2.10. The van der Waals surface area contributed by atoms with Gasteiger partial charge in [0.2, 0.25) is 11.8 Å². The molecule has 7 heteroatoms. The van der Waals surface area contributed by atoms with E-state index in [9.17, 15) is 14.4 Å². The lowest BCUT2D eigenvalue weighted by atomic mass is 10.2. The molecule has 0 aliphatic heterocycles. The van der Waals surface area contributed by atoms with Gasteiger partial charge in [-0.05, 0) is 24.6 Å². The van der Waals surface area contributed by atoms with Crippen molar-refractivity contribution in [2.75, 3.05) is 10.6 Å². The molecule has 112 valence electrons. The maximum absolute atomic E-state index is 11.9. The highest BCUT2D eigenvalue weighted by Crippen LogP contribution is 2.40. The van der Waals surface area contributed by atoms with E-state index in [0.717, 1.165) is 0 Å². The number of carbonyl (C=O) groups excluding carboxylic acids is 2. The van der Waals surface area contributed by atoms with Crippen molar-refractivity contribution < 1.29 is 19.5 Å². The summed E-state index contributed by atoms with van der Waals surface area (Å²) in [5, 5.41) is 14.4. The predicted molar refractivity (Wildman–Crippen MR) is 78.2 cm³/mol. The van der Waals surface area contributed by atoms with E-state index in [1.54, 1.807) is 25.1 Å². The lowest BCUT2D eigenvalue weighted by molar-refractivity contribution is -0.139. The summed E-state index contributed by atoms with van der Waals surface area (Å²) in [5.41, 5.74) is 0.874. The Kier molecular flexibility index (Phi) is 4.47. The van der Waals surface area contributed by atoms with E-state index in [2.05, 4.69) is 10.6 Å². The van der Waals surface area contributed by atoms with Gasteiger partial charge < -0.3 is 15.7 Å². The van der Waals surface area contributed by atoms with Crippen LogP contribution in [0.5, 0.6) is 0 Å². The van der Waals surface area contributed by atoms with Crippen LogP contribution in [-0.2, 0) is 14.4 Å². The van der Waals surface area contributed by atoms with Gasteiger partial charge in [-0.15, -0.1) is 0 Å². The van der Waals surface area contributed by atoms with E-state index in [4.69, 9.17) is 16.7 Å². The van der Waals surface area contributed by atoms with Crippen molar-refractivity contribution in [1.29, 1.82) is 0 Å². The van der Waals surface area contributed by atoms with Gasteiger partial charge in [-0.25, -0.2) is 0 Å². The van der Waals surface area contributed by atoms with Crippen LogP contribution < -0.4 is 10.6 Å². The summed E-state index contributed by atoms with van der Waals surface area (Å²) in [7, 11) is 0. The Morgan fingerprint density at radius 3 is 2.57 bits per heavy atom. The number of hydrogen-bond donors (Lipinski definition) is 3. The Balaban J connectivity index is 2.05. The van der Waals surface area contributed by atoms with Crippen LogP contribution in [0.2, 0.25) is 5.02 Å². The number of halogens is 1. The van der Waals surface area contributed by atoms with E-state index < -0.39 is 17.8 Å². The summed E-state index contributed by atoms with van der Waals surface area (Å²) in [4.78, 5) is 34.0. The molecule has 1 saturated carbocycles. The Hall–Kier alpha value is -2.08. The van der Waals surface area contributed by atoms with Gasteiger partial charge in [0.25, 0.3) is 0 Å². The van der Waals surface area contributed by atoms with Gasteiger partial charge in [0, 0.05) is 12.1 Å². The molecule has 0 heterocycles. The van der Waals surface area contributed by atoms with Crippen molar-refractivity contribution >= 4 is 40.8 Å². The molecule has 2 amide bonds. The standard InChI is InChI=1S/C14H15ClN2O4/c1-2-12(18)16-7-3-4-10(15)11(5-7)17-13(19)8-6-9(8)14(20)21/h3-5,8-9H,2,6H2,1H3,(H,16,18)(H,17,19)(H,20,21)/t8-,9+/m1/s1. The zero-order valence-electron chi connectivity index (χ0n) is 11.4. The topological polar surface area (TPSA) is 95.5 Å². The number of rotatable bonds is 5. The molecule has 0 spiro atoms. The third-order valence-electron chi connectivity index (χ3n) is 3.27. The number of anilines is 2. The van der Waals surface area contributed by atoms with E-state index in [1.807, 2.05) is 0 Å². The molecule has 0 radical (unpaired) electrons. The van der Waals surface area contributed by atoms with Gasteiger partial charge in [0.15, 0.2) is 0 Å². The minimum atomic E-state index is -0.967. The highest BCUT2D eigenvalue weighted by atomic mass is 35.5. The molecule has 1 aliphatic rings. The van der Waals surface area contributed by atoms with Gasteiger partial charge in [0.1, 0.15) is 0 Å². The van der Waals surface area contributed by atoms with Crippen LogP contribution in [0.15, 0.2) is 18.2 Å². The molecule has 2 rings (SSSR count). The number of aliphatic carboxylic acids is 1. The quantitative estimate of drug-likeness (QED) is 0.778. The number of carboxylic acids is 1. The maximum atomic E-state index is 11.9. The summed E-state index contributed by atoms with van der Waals surface area (Å²) < 4.78 is 0. The normalized spacial score (nSPS) is 19.7. The smallest absolute Gasteiger partial charge is 0.307 e. The second-order valence-corrected chi connectivity index (χ2v) is 5.28. The van der Waals surface area contributed by atoms with Crippen LogP contribution in [0.4, 0.5) is 11.4 Å². The molecule has 0 unspecified atom stereocenters. The minimum absolute atomic E-state index is 0.150. The number of carboxylic acid groups (broad SMARTS) is 1. The van der Waals surface area contributed by atoms with Crippen molar-refractivity contribution in [3.8, 4) is 0 Å². The largest absolute Gasteiger partial charge is 0.481 e. The summed E-state index contributed by atoms with van der Waals surface area (Å²) in [6, 6.07) is 4.73. The van der Waals surface area contributed by atoms with Gasteiger partial charge in [-0.2, -0.15) is 0 Å². The van der Waals surface area contributed by atoms with Crippen molar-refractivity contribution in [2.24, 2.45) is 11.8 Å². The summed E-state index contributed by atoms with van der Waals surface area (Å²) in [6.07, 6.45) is 0.678. The number of carbonyl (C=O) groups is 3. The van der Waals surface area contributed by atoms with E-state index >= 15 is 0 Å². The maximum Gasteiger partial charge on any atom is 0.307 e. The van der Waals surface area contributed by atoms with Crippen LogP contribution >= 0.6 is 11.6 Å². The van der Waals surface area contributed by atoms with Crippen LogP contribution in [0.1, 0.15) is 19.8 Å². The molecule has 0 bridgehead atoms. The van der Waals surface area contributed by atoms with Gasteiger partial charge in [-0.1, -0.05) is 18.5 Å². The first-order chi connectivity index (χ1) is 9.92. The highest BCUT2D eigenvalue weighted by molar-refractivity contribution is 6.34. The Bertz CT molecular complexity index is 603. The third-order valence-corrected chi connectivity index (χ3v) is 3.60. The van der Waals surface area contributed by atoms with E-state index in [1.165, 1.54) is 0 Å². The first-order valence-electron chi connectivity index (χ1n) is 6.55. The molecule has 6 nitrogen and oxygen atoms in total. The fourth-order valence-electron chi connectivity index (χ4n) is 1.93. The molecular formula is C14H15ClN2O4. The van der Waals surface area contributed by atoms with Crippen LogP contribution in [0.25, 0.3) is 0 Å². The third kappa shape index (κ3) is 3.72. The molecule has 1 aliphatic carbocycles. The average Bonchev–Trinajstić information content (AvgIpc) is 3.23. The zero-order chi connectivity index (χ0) is 15.6. The molecule has 1 aromatic carbocycles. The van der Waals surface area contributed by atoms with Gasteiger partial charge >= 0.3 is 5.97 Å². The first-order valence-corrected chi connectivity index (χ1v) is 6.93. The highest BCUT2D eigenvalue weighted by Gasteiger charge is 2.48. The van der Waals surface area contributed by atoms with Crippen molar-refractivity contribution in [3.63, 3.8) is 0 Å².